The number of hydrogen-bond donors (Lipinski definition) is 0. The van der Waals surface area contributed by atoms with Crippen LogP contribution in [0.4, 0.5) is 11.4 Å². The molecule has 6 heteroatoms. The van der Waals surface area contributed by atoms with Gasteiger partial charge in [-0.05, 0) is 57.2 Å². The van der Waals surface area contributed by atoms with Crippen molar-refractivity contribution >= 4 is 23.3 Å². The van der Waals surface area contributed by atoms with Gasteiger partial charge < -0.3 is 14.5 Å². The van der Waals surface area contributed by atoms with Gasteiger partial charge in [0.1, 0.15) is 0 Å². The molecular formula is C23H27N3O3. The summed E-state index contributed by atoms with van der Waals surface area (Å²) in [6.07, 6.45) is 0.195. The first kappa shape index (κ1) is 22.0. The number of aryl methyl sites for hydroxylation is 1. The quantitative estimate of drug-likeness (QED) is 0.603. The third kappa shape index (κ3) is 6.08. The van der Waals surface area contributed by atoms with E-state index in [0.717, 1.165) is 24.3 Å². The van der Waals surface area contributed by atoms with Crippen LogP contribution in [0.25, 0.3) is 0 Å². The average Bonchev–Trinajstić information content (AvgIpc) is 2.74. The molecule has 0 aliphatic heterocycles. The van der Waals surface area contributed by atoms with Crippen molar-refractivity contribution < 1.29 is 14.3 Å². The number of carbonyl (C=O) groups excluding carboxylic acids is 2. The monoisotopic (exact) mass is 393 g/mol. The second-order valence-electron chi connectivity index (χ2n) is 6.58. The average molecular weight is 393 g/mol. The minimum absolute atomic E-state index is 0.195. The SMILES string of the molecule is CCN(CC)c1ccc(C(=O)OCC(=O)N(CCC#N)c2ccc(C)cc2)cc1. The number of amides is 1. The third-order valence-corrected chi connectivity index (χ3v) is 4.65. The first-order valence-corrected chi connectivity index (χ1v) is 9.76. The van der Waals surface area contributed by atoms with Gasteiger partial charge in [0.25, 0.3) is 5.91 Å². The second-order valence-corrected chi connectivity index (χ2v) is 6.58. The molecule has 2 aromatic rings. The number of anilines is 2. The molecule has 0 atom stereocenters. The van der Waals surface area contributed by atoms with E-state index in [0.29, 0.717) is 11.3 Å². The molecule has 0 saturated carbocycles. The fraction of sp³-hybridized carbons (Fsp3) is 0.348. The Hall–Kier alpha value is -3.33. The van der Waals surface area contributed by atoms with Crippen LogP contribution in [-0.4, -0.2) is 38.1 Å². The van der Waals surface area contributed by atoms with Gasteiger partial charge in [0, 0.05) is 31.0 Å². The highest BCUT2D eigenvalue weighted by molar-refractivity contribution is 5.97. The highest BCUT2D eigenvalue weighted by atomic mass is 16.5. The van der Waals surface area contributed by atoms with Crippen molar-refractivity contribution in [2.45, 2.75) is 27.2 Å². The van der Waals surface area contributed by atoms with E-state index >= 15 is 0 Å². The van der Waals surface area contributed by atoms with Crippen LogP contribution < -0.4 is 9.80 Å². The van der Waals surface area contributed by atoms with Crippen molar-refractivity contribution in [1.29, 1.82) is 5.26 Å². The Morgan fingerprint density at radius 3 is 2.10 bits per heavy atom. The highest BCUT2D eigenvalue weighted by Crippen LogP contribution is 2.17. The summed E-state index contributed by atoms with van der Waals surface area (Å²) in [7, 11) is 0. The van der Waals surface area contributed by atoms with Crippen LogP contribution in [0.2, 0.25) is 0 Å². The number of rotatable bonds is 9. The smallest absolute Gasteiger partial charge is 0.338 e. The highest BCUT2D eigenvalue weighted by Gasteiger charge is 2.18. The molecule has 0 spiro atoms. The maximum absolute atomic E-state index is 12.6. The molecule has 2 aromatic carbocycles. The van der Waals surface area contributed by atoms with Gasteiger partial charge in [-0.25, -0.2) is 4.79 Å². The van der Waals surface area contributed by atoms with Crippen molar-refractivity contribution in [3.05, 3.63) is 59.7 Å². The molecule has 0 aliphatic carbocycles. The minimum Gasteiger partial charge on any atom is -0.452 e. The molecule has 0 fully saturated rings. The van der Waals surface area contributed by atoms with E-state index in [1.54, 1.807) is 12.1 Å². The largest absolute Gasteiger partial charge is 0.452 e. The van der Waals surface area contributed by atoms with Gasteiger partial charge in [-0.2, -0.15) is 5.26 Å². The molecule has 29 heavy (non-hydrogen) atoms. The maximum atomic E-state index is 12.6. The van der Waals surface area contributed by atoms with Gasteiger partial charge >= 0.3 is 5.97 Å². The van der Waals surface area contributed by atoms with Crippen molar-refractivity contribution in [2.75, 3.05) is 36.0 Å². The van der Waals surface area contributed by atoms with E-state index in [9.17, 15) is 9.59 Å². The zero-order valence-electron chi connectivity index (χ0n) is 17.2. The minimum atomic E-state index is -0.548. The van der Waals surface area contributed by atoms with Gasteiger partial charge in [-0.3, -0.25) is 4.79 Å². The van der Waals surface area contributed by atoms with E-state index < -0.39 is 5.97 Å². The predicted molar refractivity (Wildman–Crippen MR) is 114 cm³/mol. The summed E-state index contributed by atoms with van der Waals surface area (Å²) < 4.78 is 5.22. The number of ether oxygens (including phenoxy) is 1. The summed E-state index contributed by atoms with van der Waals surface area (Å²) in [4.78, 5) is 28.6. The zero-order chi connectivity index (χ0) is 21.2. The maximum Gasteiger partial charge on any atom is 0.338 e. The van der Waals surface area contributed by atoms with Gasteiger partial charge in [-0.15, -0.1) is 0 Å². The molecule has 0 heterocycles. The van der Waals surface area contributed by atoms with Crippen molar-refractivity contribution in [3.8, 4) is 6.07 Å². The van der Waals surface area contributed by atoms with Crippen LogP contribution >= 0.6 is 0 Å². The Morgan fingerprint density at radius 1 is 0.966 bits per heavy atom. The normalized spacial score (nSPS) is 10.1. The van der Waals surface area contributed by atoms with Crippen molar-refractivity contribution in [2.24, 2.45) is 0 Å². The Morgan fingerprint density at radius 2 is 1.55 bits per heavy atom. The lowest BCUT2D eigenvalue weighted by molar-refractivity contribution is -0.121. The molecule has 0 radical (unpaired) electrons. The Labute approximate surface area is 172 Å². The standard InChI is InChI=1S/C23H27N3O3/c1-4-25(5-2)20-13-9-19(10-14-20)23(28)29-17-22(27)26(16-6-15-24)21-11-7-18(3)8-12-21/h7-14H,4-6,16-17H2,1-3H3. The molecule has 1 amide bonds. The van der Waals surface area contributed by atoms with E-state index in [2.05, 4.69) is 18.7 Å². The molecule has 6 nitrogen and oxygen atoms in total. The molecule has 0 saturated heterocycles. The number of nitrogens with zero attached hydrogens (tertiary/aromatic N) is 3. The molecule has 0 aromatic heterocycles. The van der Waals surface area contributed by atoms with Crippen molar-refractivity contribution in [1.82, 2.24) is 0 Å². The van der Waals surface area contributed by atoms with Crippen LogP contribution in [-0.2, 0) is 9.53 Å². The Kier molecular flexibility index (Phi) is 8.23. The van der Waals surface area contributed by atoms with E-state index in [4.69, 9.17) is 10.00 Å². The van der Waals surface area contributed by atoms with Crippen LogP contribution in [0, 0.1) is 18.3 Å². The van der Waals surface area contributed by atoms with Gasteiger partial charge in [-0.1, -0.05) is 17.7 Å². The summed E-state index contributed by atoms with van der Waals surface area (Å²) >= 11 is 0. The van der Waals surface area contributed by atoms with E-state index in [1.165, 1.54) is 4.90 Å². The molecule has 0 bridgehead atoms. The Balaban J connectivity index is 2.02. The summed E-state index contributed by atoms with van der Waals surface area (Å²) in [5, 5.41) is 8.88. The van der Waals surface area contributed by atoms with Crippen molar-refractivity contribution in [3.63, 3.8) is 0 Å². The third-order valence-electron chi connectivity index (χ3n) is 4.65. The lowest BCUT2D eigenvalue weighted by Gasteiger charge is -2.22. The summed E-state index contributed by atoms with van der Waals surface area (Å²) in [6, 6.07) is 16.6. The predicted octanol–water partition coefficient (Wildman–Crippen LogP) is 3.94. The van der Waals surface area contributed by atoms with Crippen LogP contribution in [0.15, 0.2) is 48.5 Å². The van der Waals surface area contributed by atoms with Gasteiger partial charge in [0.05, 0.1) is 18.1 Å². The molecular weight excluding hydrogens is 366 g/mol. The topological polar surface area (TPSA) is 73.6 Å². The first-order valence-electron chi connectivity index (χ1n) is 9.76. The fourth-order valence-corrected chi connectivity index (χ4v) is 2.97. The number of nitriles is 1. The van der Waals surface area contributed by atoms with E-state index in [1.807, 2.05) is 49.4 Å². The van der Waals surface area contributed by atoms with Crippen LogP contribution in [0.3, 0.4) is 0 Å². The number of benzene rings is 2. The van der Waals surface area contributed by atoms with Crippen LogP contribution in [0.5, 0.6) is 0 Å². The molecule has 2 rings (SSSR count). The number of hydrogen-bond acceptors (Lipinski definition) is 5. The van der Waals surface area contributed by atoms with Crippen LogP contribution in [0.1, 0.15) is 36.2 Å². The summed E-state index contributed by atoms with van der Waals surface area (Å²) in [5.74, 6) is -0.911. The lowest BCUT2D eigenvalue weighted by atomic mass is 10.2. The summed E-state index contributed by atoms with van der Waals surface area (Å²) in [5.41, 5.74) is 3.17. The summed E-state index contributed by atoms with van der Waals surface area (Å²) in [6.45, 7) is 7.73. The number of carbonyl (C=O) groups is 2. The Bertz CT molecular complexity index is 850. The molecule has 0 N–H and O–H groups in total. The van der Waals surface area contributed by atoms with Gasteiger partial charge in [0.15, 0.2) is 6.61 Å². The second kappa shape index (κ2) is 10.9. The molecule has 0 aliphatic rings. The fourth-order valence-electron chi connectivity index (χ4n) is 2.97. The molecule has 152 valence electrons. The first-order chi connectivity index (χ1) is 14.0. The number of esters is 1. The molecule has 0 unspecified atom stereocenters. The lowest BCUT2D eigenvalue weighted by Crippen LogP contribution is -2.35. The van der Waals surface area contributed by atoms with Gasteiger partial charge in [0.2, 0.25) is 0 Å². The zero-order valence-corrected chi connectivity index (χ0v) is 17.2. The van der Waals surface area contributed by atoms with E-state index in [-0.39, 0.29) is 25.5 Å².